The van der Waals surface area contributed by atoms with Gasteiger partial charge in [-0.3, -0.25) is 9.78 Å². The van der Waals surface area contributed by atoms with Gasteiger partial charge in [0.05, 0.1) is 10.6 Å². The standard InChI is InChI=1S/C28H24ClNO5/c1-18-21(8-5-9-24(18)20-6-3-2-4-7-20)17-35-27-12-26(23(15-31)11-25(27)29)34-16-19-10-22(28(32)33)14-30-13-19/h2-15,28,32-33H,16-17H2,1H3. The van der Waals surface area contributed by atoms with Crippen molar-refractivity contribution in [1.29, 1.82) is 0 Å². The fraction of sp³-hybridized carbons (Fsp3) is 0.143. The van der Waals surface area contributed by atoms with E-state index in [1.54, 1.807) is 18.3 Å². The van der Waals surface area contributed by atoms with E-state index < -0.39 is 6.29 Å². The average Bonchev–Trinajstić information content (AvgIpc) is 2.88. The molecule has 178 valence electrons. The van der Waals surface area contributed by atoms with E-state index in [2.05, 4.69) is 30.1 Å². The number of aliphatic hydroxyl groups excluding tert-OH is 1. The SMILES string of the molecule is Cc1c(COc2cc(OCc3cncc(C(O)O)c3)c(C=O)cc2Cl)cccc1-c1ccccc1. The van der Waals surface area contributed by atoms with Crippen LogP contribution in [0, 0.1) is 6.92 Å². The van der Waals surface area contributed by atoms with Gasteiger partial charge >= 0.3 is 0 Å². The van der Waals surface area contributed by atoms with Crippen LogP contribution in [-0.2, 0) is 13.2 Å². The molecule has 4 rings (SSSR count). The summed E-state index contributed by atoms with van der Waals surface area (Å²) in [5, 5.41) is 19.0. The lowest BCUT2D eigenvalue weighted by Crippen LogP contribution is -2.04. The van der Waals surface area contributed by atoms with Gasteiger partial charge in [0.15, 0.2) is 12.6 Å². The van der Waals surface area contributed by atoms with E-state index in [1.807, 2.05) is 30.3 Å². The third kappa shape index (κ3) is 5.87. The fourth-order valence-corrected chi connectivity index (χ4v) is 3.92. The lowest BCUT2D eigenvalue weighted by Gasteiger charge is -2.15. The molecule has 7 heteroatoms. The zero-order valence-electron chi connectivity index (χ0n) is 19.0. The maximum atomic E-state index is 11.6. The topological polar surface area (TPSA) is 88.9 Å². The van der Waals surface area contributed by atoms with E-state index in [4.69, 9.17) is 21.1 Å². The number of pyridine rings is 1. The van der Waals surface area contributed by atoms with Gasteiger partial charge in [-0.25, -0.2) is 0 Å². The van der Waals surface area contributed by atoms with Crippen LogP contribution < -0.4 is 9.47 Å². The highest BCUT2D eigenvalue weighted by Gasteiger charge is 2.13. The normalized spacial score (nSPS) is 10.9. The highest BCUT2D eigenvalue weighted by atomic mass is 35.5. The number of ether oxygens (including phenoxy) is 2. The van der Waals surface area contributed by atoms with Crippen molar-refractivity contribution in [3.8, 4) is 22.6 Å². The van der Waals surface area contributed by atoms with Gasteiger partial charge in [-0.05, 0) is 41.3 Å². The molecule has 0 aliphatic rings. The summed E-state index contributed by atoms with van der Waals surface area (Å²) in [5.41, 5.74) is 5.50. The third-order valence-electron chi connectivity index (χ3n) is 5.61. The number of carbonyl (C=O) groups is 1. The molecule has 0 bridgehead atoms. The summed E-state index contributed by atoms with van der Waals surface area (Å²) in [6.07, 6.45) is 1.92. The lowest BCUT2D eigenvalue weighted by atomic mass is 9.97. The minimum absolute atomic E-state index is 0.0632. The van der Waals surface area contributed by atoms with Crippen molar-refractivity contribution >= 4 is 17.9 Å². The molecule has 0 unspecified atom stereocenters. The number of halogens is 1. The second-order valence-electron chi connectivity index (χ2n) is 7.97. The number of hydrogen-bond donors (Lipinski definition) is 2. The molecule has 1 aromatic heterocycles. The predicted octanol–water partition coefficient (Wildman–Crippen LogP) is 5.66. The van der Waals surface area contributed by atoms with Crippen LogP contribution in [0.5, 0.6) is 11.5 Å². The van der Waals surface area contributed by atoms with E-state index in [1.165, 1.54) is 12.3 Å². The summed E-state index contributed by atoms with van der Waals surface area (Å²) in [5.74, 6) is 0.679. The summed E-state index contributed by atoms with van der Waals surface area (Å²) in [4.78, 5) is 15.6. The number of aldehydes is 1. The first-order valence-electron chi connectivity index (χ1n) is 10.9. The maximum Gasteiger partial charge on any atom is 0.179 e. The Morgan fingerprint density at radius 2 is 1.71 bits per heavy atom. The zero-order chi connectivity index (χ0) is 24.8. The Kier molecular flexibility index (Phi) is 7.77. The minimum Gasteiger partial charge on any atom is -0.488 e. The molecule has 0 aliphatic heterocycles. The number of rotatable bonds is 9. The van der Waals surface area contributed by atoms with E-state index >= 15 is 0 Å². The summed E-state index contributed by atoms with van der Waals surface area (Å²) in [7, 11) is 0. The summed E-state index contributed by atoms with van der Waals surface area (Å²) in [6.45, 7) is 2.40. The predicted molar refractivity (Wildman–Crippen MR) is 134 cm³/mol. The molecule has 4 aromatic rings. The van der Waals surface area contributed by atoms with Crippen LogP contribution in [0.1, 0.15) is 38.9 Å². The Morgan fingerprint density at radius 3 is 2.46 bits per heavy atom. The number of aromatic nitrogens is 1. The molecule has 0 spiro atoms. The van der Waals surface area contributed by atoms with Crippen molar-refractivity contribution < 1.29 is 24.5 Å². The minimum atomic E-state index is -1.63. The quantitative estimate of drug-likeness (QED) is 0.233. The molecule has 0 radical (unpaired) electrons. The summed E-state index contributed by atoms with van der Waals surface area (Å²) in [6, 6.07) is 20.8. The summed E-state index contributed by atoms with van der Waals surface area (Å²) < 4.78 is 11.9. The fourth-order valence-electron chi connectivity index (χ4n) is 3.69. The molecule has 0 saturated heterocycles. The number of hydrogen-bond acceptors (Lipinski definition) is 6. The smallest absolute Gasteiger partial charge is 0.179 e. The van der Waals surface area contributed by atoms with E-state index in [0.29, 0.717) is 28.4 Å². The first kappa shape index (κ1) is 24.4. The number of nitrogens with zero attached hydrogens (tertiary/aromatic N) is 1. The molecule has 0 amide bonds. The second-order valence-corrected chi connectivity index (χ2v) is 8.38. The molecule has 0 aliphatic carbocycles. The molecule has 1 heterocycles. The first-order chi connectivity index (χ1) is 17.0. The van der Waals surface area contributed by atoms with Crippen molar-refractivity contribution in [2.75, 3.05) is 0 Å². The molecule has 0 atom stereocenters. The van der Waals surface area contributed by atoms with Crippen molar-refractivity contribution in [1.82, 2.24) is 4.98 Å². The van der Waals surface area contributed by atoms with E-state index in [0.717, 1.165) is 22.3 Å². The van der Waals surface area contributed by atoms with E-state index in [9.17, 15) is 15.0 Å². The Labute approximate surface area is 208 Å². The van der Waals surface area contributed by atoms with Gasteiger partial charge in [-0.2, -0.15) is 0 Å². The number of benzene rings is 3. The van der Waals surface area contributed by atoms with Gasteiger partial charge in [0.2, 0.25) is 0 Å². The van der Waals surface area contributed by atoms with Gasteiger partial charge in [-0.1, -0.05) is 60.1 Å². The molecule has 0 fully saturated rings. The maximum absolute atomic E-state index is 11.6. The molecule has 2 N–H and O–H groups in total. The first-order valence-corrected chi connectivity index (χ1v) is 11.3. The van der Waals surface area contributed by atoms with Crippen LogP contribution in [0.2, 0.25) is 5.02 Å². The third-order valence-corrected chi connectivity index (χ3v) is 5.91. The Bertz CT molecular complexity index is 1320. The van der Waals surface area contributed by atoms with Gasteiger partial charge in [0.1, 0.15) is 24.7 Å². The molecule has 35 heavy (non-hydrogen) atoms. The Balaban J connectivity index is 1.53. The Hall–Kier alpha value is -3.71. The van der Waals surface area contributed by atoms with Crippen LogP contribution in [0.3, 0.4) is 0 Å². The van der Waals surface area contributed by atoms with Gasteiger partial charge < -0.3 is 19.7 Å². The van der Waals surface area contributed by atoms with Crippen molar-refractivity contribution in [2.24, 2.45) is 0 Å². The molecular weight excluding hydrogens is 466 g/mol. The molecule has 3 aromatic carbocycles. The van der Waals surface area contributed by atoms with Crippen LogP contribution in [-0.4, -0.2) is 21.5 Å². The zero-order valence-corrected chi connectivity index (χ0v) is 19.8. The monoisotopic (exact) mass is 489 g/mol. The van der Waals surface area contributed by atoms with Crippen LogP contribution in [0.15, 0.2) is 79.1 Å². The van der Waals surface area contributed by atoms with Gasteiger partial charge in [0, 0.05) is 29.6 Å². The average molecular weight is 490 g/mol. The summed E-state index contributed by atoms with van der Waals surface area (Å²) >= 11 is 6.38. The highest BCUT2D eigenvalue weighted by Crippen LogP contribution is 2.34. The largest absolute Gasteiger partial charge is 0.488 e. The van der Waals surface area contributed by atoms with Crippen LogP contribution in [0.4, 0.5) is 0 Å². The van der Waals surface area contributed by atoms with Crippen molar-refractivity contribution in [2.45, 2.75) is 26.4 Å². The number of aliphatic hydroxyl groups is 2. The van der Waals surface area contributed by atoms with Crippen molar-refractivity contribution in [3.63, 3.8) is 0 Å². The van der Waals surface area contributed by atoms with Crippen LogP contribution >= 0.6 is 11.6 Å². The molecular formula is C28H24ClNO5. The Morgan fingerprint density at radius 1 is 0.943 bits per heavy atom. The highest BCUT2D eigenvalue weighted by molar-refractivity contribution is 6.32. The van der Waals surface area contributed by atoms with Gasteiger partial charge in [0.25, 0.3) is 0 Å². The van der Waals surface area contributed by atoms with Gasteiger partial charge in [-0.15, -0.1) is 0 Å². The second kappa shape index (κ2) is 11.1. The molecule has 0 saturated carbocycles. The molecule has 6 nitrogen and oxygen atoms in total. The lowest BCUT2D eigenvalue weighted by molar-refractivity contribution is -0.0428. The van der Waals surface area contributed by atoms with Crippen LogP contribution in [0.25, 0.3) is 11.1 Å². The van der Waals surface area contributed by atoms with E-state index in [-0.39, 0.29) is 24.3 Å². The van der Waals surface area contributed by atoms with Crippen molar-refractivity contribution in [3.05, 3.63) is 112 Å². The number of carbonyl (C=O) groups excluding carboxylic acids is 1.